The quantitative estimate of drug-likeness (QED) is 0.304. The molecule has 0 aromatic heterocycles. The standard InChI is InChI=1S/C27H37NO2.C2H6/c1-27(2,30-23-15-5-4-6-16-23)19-9-13-21-11-7-17-24(21)25-18-8-12-22(26(25)29)14-10-20-28-3;1-2/h4-6,8-9,12-13,15-16,18,21,24,28-29H,7,10-11,14,17,19-20H2,1-3H3;1-2H3/b13-9+;/t21?,24-;/m0./s1. The van der Waals surface area contributed by atoms with Crippen LogP contribution in [0, 0.1) is 5.92 Å². The van der Waals surface area contributed by atoms with Crippen LogP contribution in [0.15, 0.2) is 60.7 Å². The van der Waals surface area contributed by atoms with E-state index in [1.54, 1.807) is 0 Å². The van der Waals surface area contributed by atoms with Gasteiger partial charge in [0.1, 0.15) is 17.1 Å². The molecule has 0 aliphatic heterocycles. The maximum atomic E-state index is 10.9. The van der Waals surface area contributed by atoms with Crippen LogP contribution in [0.1, 0.15) is 76.8 Å². The predicted molar refractivity (Wildman–Crippen MR) is 137 cm³/mol. The van der Waals surface area contributed by atoms with Crippen LogP contribution in [-0.2, 0) is 6.42 Å². The number of hydrogen-bond acceptors (Lipinski definition) is 3. The van der Waals surface area contributed by atoms with E-state index in [4.69, 9.17) is 4.74 Å². The summed E-state index contributed by atoms with van der Waals surface area (Å²) in [7, 11) is 1.97. The first kappa shape index (κ1) is 26.0. The van der Waals surface area contributed by atoms with Crippen molar-refractivity contribution in [2.45, 2.75) is 77.7 Å². The summed E-state index contributed by atoms with van der Waals surface area (Å²) in [5, 5.41) is 14.1. The van der Waals surface area contributed by atoms with Crippen molar-refractivity contribution in [3.8, 4) is 11.5 Å². The molecular weight excluding hydrogens is 394 g/mol. The molecule has 32 heavy (non-hydrogen) atoms. The van der Waals surface area contributed by atoms with E-state index < -0.39 is 0 Å². The molecule has 3 nitrogen and oxygen atoms in total. The highest BCUT2D eigenvalue weighted by atomic mass is 16.5. The normalized spacial score (nSPS) is 18.4. The molecule has 0 heterocycles. The minimum absolute atomic E-state index is 0.249. The lowest BCUT2D eigenvalue weighted by Gasteiger charge is -2.25. The number of aryl methyl sites for hydroxylation is 1. The van der Waals surface area contributed by atoms with E-state index in [1.807, 2.05) is 51.2 Å². The number of ether oxygens (including phenoxy) is 1. The van der Waals surface area contributed by atoms with Crippen molar-refractivity contribution in [1.29, 1.82) is 0 Å². The Morgan fingerprint density at radius 3 is 2.53 bits per heavy atom. The van der Waals surface area contributed by atoms with Crippen molar-refractivity contribution in [2.24, 2.45) is 5.92 Å². The Morgan fingerprint density at radius 1 is 1.06 bits per heavy atom. The molecule has 3 rings (SSSR count). The van der Waals surface area contributed by atoms with Crippen LogP contribution in [0.25, 0.3) is 0 Å². The molecule has 2 N–H and O–H groups in total. The fourth-order valence-electron chi connectivity index (χ4n) is 4.55. The van der Waals surface area contributed by atoms with Gasteiger partial charge < -0.3 is 15.2 Å². The highest BCUT2D eigenvalue weighted by Gasteiger charge is 2.29. The number of phenols is 1. The van der Waals surface area contributed by atoms with Crippen molar-refractivity contribution in [2.75, 3.05) is 13.6 Å². The smallest absolute Gasteiger partial charge is 0.122 e. The second kappa shape index (κ2) is 13.3. The Balaban J connectivity index is 0.00000176. The molecule has 2 aromatic rings. The lowest BCUT2D eigenvalue weighted by molar-refractivity contribution is 0.113. The van der Waals surface area contributed by atoms with Gasteiger partial charge in [-0.25, -0.2) is 0 Å². The second-order valence-electron chi connectivity index (χ2n) is 9.07. The molecule has 0 amide bonds. The van der Waals surface area contributed by atoms with Gasteiger partial charge in [0.05, 0.1) is 0 Å². The molecule has 0 spiro atoms. The maximum Gasteiger partial charge on any atom is 0.122 e. The average Bonchev–Trinajstić information content (AvgIpc) is 3.25. The van der Waals surface area contributed by atoms with Gasteiger partial charge in [0.15, 0.2) is 0 Å². The molecule has 0 saturated heterocycles. The third-order valence-corrected chi connectivity index (χ3v) is 6.12. The van der Waals surface area contributed by atoms with Gasteiger partial charge in [-0.1, -0.05) is 68.8 Å². The molecule has 2 aromatic carbocycles. The highest BCUT2D eigenvalue weighted by Crippen LogP contribution is 2.44. The van der Waals surface area contributed by atoms with Gasteiger partial charge in [-0.2, -0.15) is 0 Å². The monoisotopic (exact) mass is 437 g/mol. The Kier molecular flexibility index (Phi) is 10.8. The Hall–Kier alpha value is -2.26. The molecule has 176 valence electrons. The fourth-order valence-corrected chi connectivity index (χ4v) is 4.55. The number of benzene rings is 2. The summed E-state index contributed by atoms with van der Waals surface area (Å²) in [6.45, 7) is 9.24. The molecule has 1 aliphatic rings. The van der Waals surface area contributed by atoms with Gasteiger partial charge in [-0.3, -0.25) is 0 Å². The minimum Gasteiger partial charge on any atom is -0.507 e. The van der Waals surface area contributed by atoms with Crippen LogP contribution < -0.4 is 10.1 Å². The van der Waals surface area contributed by atoms with Crippen LogP contribution in [0.2, 0.25) is 0 Å². The summed E-state index contributed by atoms with van der Waals surface area (Å²) in [5.74, 6) is 2.32. The highest BCUT2D eigenvalue weighted by molar-refractivity contribution is 5.43. The fraction of sp³-hybridized carbons (Fsp3) is 0.517. The number of hydrogen-bond donors (Lipinski definition) is 2. The summed E-state index contributed by atoms with van der Waals surface area (Å²) in [6, 6.07) is 16.3. The van der Waals surface area contributed by atoms with E-state index in [-0.39, 0.29) is 5.60 Å². The van der Waals surface area contributed by atoms with Crippen LogP contribution in [0.5, 0.6) is 11.5 Å². The molecule has 1 fully saturated rings. The summed E-state index contributed by atoms with van der Waals surface area (Å²) in [4.78, 5) is 0. The minimum atomic E-state index is -0.249. The number of phenolic OH excluding ortho intramolecular Hbond substituents is 1. The lowest BCUT2D eigenvalue weighted by Crippen LogP contribution is -2.27. The van der Waals surface area contributed by atoms with E-state index in [0.717, 1.165) is 49.1 Å². The van der Waals surface area contributed by atoms with Crippen molar-refractivity contribution in [3.63, 3.8) is 0 Å². The van der Waals surface area contributed by atoms with Crippen molar-refractivity contribution in [1.82, 2.24) is 5.32 Å². The largest absolute Gasteiger partial charge is 0.507 e. The number of nitrogens with one attached hydrogen (secondary N) is 1. The Bertz CT molecular complexity index is 813. The Morgan fingerprint density at radius 2 is 1.81 bits per heavy atom. The molecule has 1 aliphatic carbocycles. The number of aromatic hydroxyl groups is 1. The van der Waals surface area contributed by atoms with Crippen LogP contribution in [0.4, 0.5) is 0 Å². The zero-order valence-electron chi connectivity index (χ0n) is 20.7. The molecule has 1 unspecified atom stereocenters. The van der Waals surface area contributed by atoms with Crippen LogP contribution >= 0.6 is 0 Å². The number of rotatable bonds is 10. The molecule has 0 radical (unpaired) electrons. The van der Waals surface area contributed by atoms with Gasteiger partial charge in [-0.15, -0.1) is 0 Å². The maximum absolute atomic E-state index is 10.9. The summed E-state index contributed by atoms with van der Waals surface area (Å²) >= 11 is 0. The zero-order chi connectivity index (χ0) is 23.4. The summed E-state index contributed by atoms with van der Waals surface area (Å²) in [6.07, 6.45) is 11.0. The third kappa shape index (κ3) is 7.70. The second-order valence-corrected chi connectivity index (χ2v) is 9.07. The van der Waals surface area contributed by atoms with E-state index >= 15 is 0 Å². The first-order chi connectivity index (χ1) is 15.5. The van der Waals surface area contributed by atoms with Gasteiger partial charge in [0.25, 0.3) is 0 Å². The van der Waals surface area contributed by atoms with Gasteiger partial charge in [0, 0.05) is 6.42 Å². The summed E-state index contributed by atoms with van der Waals surface area (Å²) < 4.78 is 6.16. The van der Waals surface area contributed by atoms with Gasteiger partial charge in [-0.05, 0) is 88.2 Å². The van der Waals surface area contributed by atoms with Crippen LogP contribution in [0.3, 0.4) is 0 Å². The number of allylic oxidation sites excluding steroid dienone is 1. The average molecular weight is 438 g/mol. The van der Waals surface area contributed by atoms with Gasteiger partial charge >= 0.3 is 0 Å². The van der Waals surface area contributed by atoms with E-state index in [9.17, 15) is 5.11 Å². The van der Waals surface area contributed by atoms with Crippen molar-refractivity contribution in [3.05, 3.63) is 71.8 Å². The molecule has 1 saturated carbocycles. The third-order valence-electron chi connectivity index (χ3n) is 6.12. The zero-order valence-corrected chi connectivity index (χ0v) is 20.7. The lowest BCUT2D eigenvalue weighted by atomic mass is 9.86. The number of para-hydroxylation sites is 2. The molecule has 2 atom stereocenters. The van der Waals surface area contributed by atoms with Crippen LogP contribution in [-0.4, -0.2) is 24.3 Å². The predicted octanol–water partition coefficient (Wildman–Crippen LogP) is 7.26. The molecular formula is C29H43NO2. The molecule has 3 heteroatoms. The Labute approximate surface area is 195 Å². The first-order valence-electron chi connectivity index (χ1n) is 12.4. The summed E-state index contributed by atoms with van der Waals surface area (Å²) in [5.41, 5.74) is 1.96. The molecule has 0 bridgehead atoms. The van der Waals surface area contributed by atoms with Gasteiger partial charge in [0.2, 0.25) is 0 Å². The van der Waals surface area contributed by atoms with E-state index in [2.05, 4.69) is 49.5 Å². The SMILES string of the molecule is CC.CNCCCc1cccc([C@H]2CCCC2/C=C/CC(C)(C)Oc2ccccc2)c1O. The van der Waals surface area contributed by atoms with E-state index in [1.165, 1.54) is 12.8 Å². The van der Waals surface area contributed by atoms with E-state index in [0.29, 0.717) is 17.6 Å². The first-order valence-corrected chi connectivity index (χ1v) is 12.4. The van der Waals surface area contributed by atoms with Crippen molar-refractivity contribution >= 4 is 0 Å². The van der Waals surface area contributed by atoms with Crippen molar-refractivity contribution < 1.29 is 9.84 Å². The topological polar surface area (TPSA) is 41.5 Å².